The molecule has 0 saturated carbocycles. The average Bonchev–Trinajstić information content (AvgIpc) is 3.67. The van der Waals surface area contributed by atoms with Crippen LogP contribution in [0.15, 0.2) is 89.4 Å². The molecule has 0 atom stereocenters. The zero-order valence-electron chi connectivity index (χ0n) is 24.9. The number of anilines is 1. The number of carbonyl (C=O) groups is 1. The number of aryl methyl sites for hydroxylation is 1. The molecule has 0 spiro atoms. The smallest absolute Gasteiger partial charge is 0.407 e. The van der Waals surface area contributed by atoms with E-state index in [9.17, 15) is 18.5 Å². The Hall–Kier alpha value is -5.19. The van der Waals surface area contributed by atoms with Crippen molar-refractivity contribution >= 4 is 32.6 Å². The summed E-state index contributed by atoms with van der Waals surface area (Å²) in [5.41, 5.74) is 3.60. The first-order valence-corrected chi connectivity index (χ1v) is 16.1. The minimum atomic E-state index is -3.96. The Morgan fingerprint density at radius 2 is 1.80 bits per heavy atom. The fourth-order valence-electron chi connectivity index (χ4n) is 4.40. The minimum Gasteiger partial charge on any atom is -0.455 e. The molecule has 11 nitrogen and oxygen atoms in total. The molecule has 5 aromatic rings. The number of hydrogen-bond acceptors (Lipinski definition) is 9. The van der Waals surface area contributed by atoms with Crippen LogP contribution in [0.5, 0.6) is 11.5 Å². The van der Waals surface area contributed by atoms with Crippen molar-refractivity contribution in [1.82, 2.24) is 20.1 Å². The van der Waals surface area contributed by atoms with Gasteiger partial charge in [0, 0.05) is 36.9 Å². The van der Waals surface area contributed by atoms with Crippen LogP contribution in [0, 0.1) is 11.3 Å². The summed E-state index contributed by atoms with van der Waals surface area (Å²) < 4.78 is 41.5. The first-order valence-electron chi connectivity index (χ1n) is 13.7. The molecule has 0 radical (unpaired) electrons. The Kier molecular flexibility index (Phi) is 8.89. The van der Waals surface area contributed by atoms with E-state index in [1.54, 1.807) is 22.3 Å². The fraction of sp³-hybridized carbons (Fsp3) is 0.188. The van der Waals surface area contributed by atoms with E-state index in [0.29, 0.717) is 17.9 Å². The third kappa shape index (κ3) is 7.67. The van der Waals surface area contributed by atoms with E-state index in [-0.39, 0.29) is 21.3 Å². The summed E-state index contributed by atoms with van der Waals surface area (Å²) in [6.45, 7) is 5.72. The Labute approximate surface area is 265 Å². The molecular formula is C32H30N6O5S2. The van der Waals surface area contributed by atoms with Gasteiger partial charge in [-0.25, -0.2) is 18.2 Å². The molecule has 2 heterocycles. The van der Waals surface area contributed by atoms with Crippen LogP contribution in [-0.2, 0) is 28.4 Å². The quantitative estimate of drug-likeness (QED) is 0.180. The van der Waals surface area contributed by atoms with E-state index in [1.807, 2.05) is 76.4 Å². The highest BCUT2D eigenvalue weighted by Crippen LogP contribution is 2.38. The molecular weight excluding hydrogens is 613 g/mol. The van der Waals surface area contributed by atoms with Crippen molar-refractivity contribution in [3.8, 4) is 40.0 Å². The summed E-state index contributed by atoms with van der Waals surface area (Å²) in [5.74, 6) is 0.634. The number of benzene rings is 3. The lowest BCUT2D eigenvalue weighted by molar-refractivity contribution is 0.0523. The normalized spacial score (nSPS) is 11.4. The zero-order valence-corrected chi connectivity index (χ0v) is 26.6. The van der Waals surface area contributed by atoms with Crippen molar-refractivity contribution in [2.24, 2.45) is 7.05 Å². The van der Waals surface area contributed by atoms with Gasteiger partial charge in [-0.15, -0.1) is 11.3 Å². The number of ether oxygens (including phenoxy) is 2. The number of thiazole rings is 1. The molecule has 0 aliphatic rings. The average molecular weight is 643 g/mol. The van der Waals surface area contributed by atoms with Gasteiger partial charge in [-0.1, -0.05) is 24.3 Å². The number of aromatic nitrogens is 3. The number of alkyl carbamates (subject to hydrolysis) is 1. The molecule has 5 rings (SSSR count). The molecule has 2 aromatic heterocycles. The topological polar surface area (TPSA) is 148 Å². The van der Waals surface area contributed by atoms with Gasteiger partial charge in [-0.05, 0) is 79.9 Å². The third-order valence-corrected chi connectivity index (χ3v) is 8.58. The van der Waals surface area contributed by atoms with Gasteiger partial charge < -0.3 is 14.8 Å². The van der Waals surface area contributed by atoms with Gasteiger partial charge in [-0.3, -0.25) is 9.40 Å². The molecule has 0 saturated heterocycles. The number of rotatable bonds is 9. The first-order chi connectivity index (χ1) is 21.4. The van der Waals surface area contributed by atoms with Crippen LogP contribution >= 0.6 is 11.3 Å². The van der Waals surface area contributed by atoms with Gasteiger partial charge in [0.25, 0.3) is 10.0 Å². The monoisotopic (exact) mass is 642 g/mol. The standard InChI is InChI=1S/C32H30N6O5S2/c1-32(2,3)43-31(39)35-20-21-6-5-7-22(16-21)23-8-10-29(26(18-23)27-12-13-36-38(27)4)42-28-11-9-25(17-24(28)19-33)45(40,41)37-30-34-14-15-44-30/h5-18H,20H2,1-4H3,(H,34,37)(H,35,39). The SMILES string of the molecule is Cn1nccc1-c1cc(-c2cccc(CNC(=O)OC(C)(C)C)c2)ccc1Oc1ccc(S(=O)(=O)Nc2nccs2)cc1C#N. The van der Waals surface area contributed by atoms with Gasteiger partial charge in [0.15, 0.2) is 5.13 Å². The summed E-state index contributed by atoms with van der Waals surface area (Å²) in [7, 11) is -2.15. The second-order valence-electron chi connectivity index (χ2n) is 10.9. The maximum Gasteiger partial charge on any atom is 0.407 e. The molecule has 0 fully saturated rings. The fourth-order valence-corrected chi connectivity index (χ4v) is 6.22. The lowest BCUT2D eigenvalue weighted by Crippen LogP contribution is -2.32. The van der Waals surface area contributed by atoms with Crippen LogP contribution in [0.4, 0.5) is 9.93 Å². The van der Waals surface area contributed by atoms with Gasteiger partial charge >= 0.3 is 6.09 Å². The predicted molar refractivity (Wildman–Crippen MR) is 171 cm³/mol. The molecule has 0 bridgehead atoms. The molecule has 13 heteroatoms. The minimum absolute atomic E-state index is 0.0437. The molecule has 3 aromatic carbocycles. The number of nitrogens with one attached hydrogen (secondary N) is 2. The lowest BCUT2D eigenvalue weighted by atomic mass is 9.99. The maximum atomic E-state index is 12.9. The molecule has 230 valence electrons. The van der Waals surface area contributed by atoms with Crippen LogP contribution in [0.3, 0.4) is 0 Å². The van der Waals surface area contributed by atoms with Crippen LogP contribution in [0.25, 0.3) is 22.4 Å². The largest absolute Gasteiger partial charge is 0.455 e. The maximum absolute atomic E-state index is 12.9. The summed E-state index contributed by atoms with van der Waals surface area (Å²) in [5, 5.41) is 18.9. The number of amides is 1. The van der Waals surface area contributed by atoms with E-state index in [0.717, 1.165) is 33.7 Å². The lowest BCUT2D eigenvalue weighted by Gasteiger charge is -2.19. The van der Waals surface area contributed by atoms with E-state index in [4.69, 9.17) is 9.47 Å². The van der Waals surface area contributed by atoms with E-state index in [1.165, 1.54) is 24.4 Å². The summed E-state index contributed by atoms with van der Waals surface area (Å²) in [4.78, 5) is 16.0. The van der Waals surface area contributed by atoms with Crippen LogP contribution in [0.1, 0.15) is 31.9 Å². The second kappa shape index (κ2) is 12.8. The molecule has 2 N–H and O–H groups in total. The number of hydrogen-bond donors (Lipinski definition) is 2. The number of nitriles is 1. The Morgan fingerprint density at radius 1 is 1.02 bits per heavy atom. The van der Waals surface area contributed by atoms with Crippen molar-refractivity contribution < 1.29 is 22.7 Å². The van der Waals surface area contributed by atoms with Crippen molar-refractivity contribution in [1.29, 1.82) is 5.26 Å². The highest BCUT2D eigenvalue weighted by atomic mass is 32.2. The molecule has 0 aliphatic heterocycles. The summed E-state index contributed by atoms with van der Waals surface area (Å²) in [6.07, 6.45) is 2.67. The number of carbonyl (C=O) groups excluding carboxylic acids is 1. The summed E-state index contributed by atoms with van der Waals surface area (Å²) in [6, 6.07) is 21.4. The van der Waals surface area contributed by atoms with Crippen LogP contribution < -0.4 is 14.8 Å². The Morgan fingerprint density at radius 3 is 2.49 bits per heavy atom. The molecule has 0 unspecified atom stereocenters. The molecule has 1 amide bonds. The summed E-state index contributed by atoms with van der Waals surface area (Å²) >= 11 is 1.15. The van der Waals surface area contributed by atoms with Crippen molar-refractivity contribution in [3.05, 3.63) is 95.6 Å². The van der Waals surface area contributed by atoms with Gasteiger partial charge in [0.2, 0.25) is 0 Å². The van der Waals surface area contributed by atoms with Crippen molar-refractivity contribution in [3.63, 3.8) is 0 Å². The van der Waals surface area contributed by atoms with E-state index < -0.39 is 21.7 Å². The molecule has 0 aliphatic carbocycles. The number of nitrogens with zero attached hydrogens (tertiary/aromatic N) is 4. The van der Waals surface area contributed by atoms with Gasteiger partial charge in [0.05, 0.1) is 16.2 Å². The van der Waals surface area contributed by atoms with Crippen LogP contribution in [-0.4, -0.2) is 34.9 Å². The number of sulfonamides is 1. The van der Waals surface area contributed by atoms with E-state index in [2.05, 4.69) is 20.1 Å². The first kappa shape index (κ1) is 31.2. The van der Waals surface area contributed by atoms with Crippen LogP contribution in [0.2, 0.25) is 0 Å². The molecule has 45 heavy (non-hydrogen) atoms. The zero-order chi connectivity index (χ0) is 32.2. The van der Waals surface area contributed by atoms with Crippen molar-refractivity contribution in [2.75, 3.05) is 4.72 Å². The van der Waals surface area contributed by atoms with E-state index >= 15 is 0 Å². The highest BCUT2D eigenvalue weighted by molar-refractivity contribution is 7.93. The second-order valence-corrected chi connectivity index (χ2v) is 13.5. The van der Waals surface area contributed by atoms with Gasteiger partial charge in [-0.2, -0.15) is 10.4 Å². The predicted octanol–water partition coefficient (Wildman–Crippen LogP) is 6.70. The highest BCUT2D eigenvalue weighted by Gasteiger charge is 2.20. The van der Waals surface area contributed by atoms with Crippen molar-refractivity contribution in [2.45, 2.75) is 37.8 Å². The Balaban J connectivity index is 1.44. The van der Waals surface area contributed by atoms with Gasteiger partial charge in [0.1, 0.15) is 23.2 Å². The third-order valence-electron chi connectivity index (χ3n) is 6.43. The Bertz CT molecular complexity index is 1990.